The van der Waals surface area contributed by atoms with Gasteiger partial charge in [0.2, 0.25) is 5.91 Å². The van der Waals surface area contributed by atoms with Crippen molar-refractivity contribution in [2.75, 3.05) is 6.61 Å². The van der Waals surface area contributed by atoms with Crippen molar-refractivity contribution in [1.29, 1.82) is 0 Å². The lowest BCUT2D eigenvalue weighted by Gasteiger charge is -2.24. The Kier molecular flexibility index (Phi) is 42.2. The van der Waals surface area contributed by atoms with Crippen molar-refractivity contribution >= 4 is 11.9 Å². The number of rotatable bonds is 43. The molecule has 3 atom stereocenters. The number of ether oxygens (including phenoxy) is 1. The minimum Gasteiger partial charge on any atom is -0.462 e. The lowest BCUT2D eigenvalue weighted by atomic mass is 10.0. The van der Waals surface area contributed by atoms with Crippen LogP contribution < -0.4 is 5.32 Å². The van der Waals surface area contributed by atoms with Gasteiger partial charge in [-0.05, 0) is 44.9 Å². The summed E-state index contributed by atoms with van der Waals surface area (Å²) < 4.78 is 5.88. The number of esters is 1. The average Bonchev–Trinajstić information content (AvgIpc) is 3.18. The highest BCUT2D eigenvalue weighted by molar-refractivity contribution is 5.77. The molecule has 324 valence electrons. The first-order valence-electron chi connectivity index (χ1n) is 24.1. The van der Waals surface area contributed by atoms with Crippen molar-refractivity contribution in [2.24, 2.45) is 0 Å². The number of aliphatic hydroxyl groups is 2. The van der Waals surface area contributed by atoms with Crippen LogP contribution in [0.4, 0.5) is 0 Å². The molecule has 0 saturated carbocycles. The zero-order valence-electron chi connectivity index (χ0n) is 36.8. The van der Waals surface area contributed by atoms with Crippen LogP contribution in [0, 0.1) is 0 Å². The summed E-state index contributed by atoms with van der Waals surface area (Å²) in [5.74, 6) is -0.545. The normalized spacial score (nSPS) is 13.5. The van der Waals surface area contributed by atoms with Crippen molar-refractivity contribution in [3.8, 4) is 0 Å². The Balaban J connectivity index is 4.64. The highest BCUT2D eigenvalue weighted by Gasteiger charge is 2.24. The summed E-state index contributed by atoms with van der Waals surface area (Å²) in [5.41, 5.74) is 0. The molecule has 0 bridgehead atoms. The number of allylic oxidation sites excluding steroid dienone is 4. The van der Waals surface area contributed by atoms with Crippen LogP contribution in [0.15, 0.2) is 24.3 Å². The highest BCUT2D eigenvalue weighted by Crippen LogP contribution is 2.18. The van der Waals surface area contributed by atoms with Gasteiger partial charge in [-0.1, -0.05) is 218 Å². The molecular weight excluding hydrogens is 683 g/mol. The van der Waals surface area contributed by atoms with Crippen LogP contribution in [0.1, 0.15) is 252 Å². The third-order valence-corrected chi connectivity index (χ3v) is 11.0. The molecule has 55 heavy (non-hydrogen) atoms. The van der Waals surface area contributed by atoms with Gasteiger partial charge < -0.3 is 20.3 Å². The number of hydrogen-bond acceptors (Lipinski definition) is 5. The Morgan fingerprint density at radius 2 is 0.927 bits per heavy atom. The molecule has 0 spiro atoms. The molecule has 0 aliphatic carbocycles. The average molecular weight is 776 g/mol. The van der Waals surface area contributed by atoms with E-state index < -0.39 is 18.2 Å². The maximum atomic E-state index is 13.1. The SMILES string of the molecule is CCCCCCCC/C=C\C/C=C/CCC(=O)OC(CCCCCCCCCCCCCCCC)CC(=O)NC(CO)C(O)CCCCCCCCCCC. The van der Waals surface area contributed by atoms with Gasteiger partial charge in [-0.3, -0.25) is 9.59 Å². The quantitative estimate of drug-likeness (QED) is 0.0326. The van der Waals surface area contributed by atoms with Crippen LogP contribution in [0.5, 0.6) is 0 Å². The van der Waals surface area contributed by atoms with Crippen molar-refractivity contribution in [1.82, 2.24) is 5.32 Å². The van der Waals surface area contributed by atoms with Crippen LogP contribution in [-0.4, -0.2) is 46.9 Å². The maximum Gasteiger partial charge on any atom is 0.306 e. The molecule has 0 rings (SSSR count). The van der Waals surface area contributed by atoms with Crippen LogP contribution in [0.2, 0.25) is 0 Å². The predicted molar refractivity (Wildman–Crippen MR) is 236 cm³/mol. The van der Waals surface area contributed by atoms with Gasteiger partial charge in [-0.25, -0.2) is 0 Å². The minimum absolute atomic E-state index is 0.0602. The van der Waals surface area contributed by atoms with Crippen molar-refractivity contribution in [3.05, 3.63) is 24.3 Å². The fourth-order valence-corrected chi connectivity index (χ4v) is 7.37. The fraction of sp³-hybridized carbons (Fsp3) is 0.878. The molecular formula is C49H93NO5. The summed E-state index contributed by atoms with van der Waals surface area (Å²) in [6.45, 7) is 6.45. The van der Waals surface area contributed by atoms with E-state index in [2.05, 4.69) is 44.3 Å². The zero-order chi connectivity index (χ0) is 40.3. The fourth-order valence-electron chi connectivity index (χ4n) is 7.37. The van der Waals surface area contributed by atoms with Gasteiger partial charge in [0.15, 0.2) is 0 Å². The largest absolute Gasteiger partial charge is 0.462 e. The Bertz CT molecular complexity index is 873. The number of amides is 1. The smallest absolute Gasteiger partial charge is 0.306 e. The van der Waals surface area contributed by atoms with Crippen molar-refractivity contribution in [3.63, 3.8) is 0 Å². The zero-order valence-corrected chi connectivity index (χ0v) is 36.8. The molecule has 6 heteroatoms. The first-order chi connectivity index (χ1) is 27.0. The van der Waals surface area contributed by atoms with E-state index in [1.165, 1.54) is 154 Å². The van der Waals surface area contributed by atoms with Gasteiger partial charge >= 0.3 is 5.97 Å². The molecule has 1 amide bonds. The van der Waals surface area contributed by atoms with Crippen molar-refractivity contribution in [2.45, 2.75) is 270 Å². The van der Waals surface area contributed by atoms with Gasteiger partial charge in [0.05, 0.1) is 25.2 Å². The van der Waals surface area contributed by atoms with Gasteiger partial charge in [0.25, 0.3) is 0 Å². The number of nitrogens with one attached hydrogen (secondary N) is 1. The number of hydrogen-bond donors (Lipinski definition) is 3. The van der Waals surface area contributed by atoms with Crippen LogP contribution >= 0.6 is 0 Å². The summed E-state index contributed by atoms with van der Waals surface area (Å²) in [5, 5.41) is 23.6. The van der Waals surface area contributed by atoms with E-state index in [0.29, 0.717) is 25.7 Å². The van der Waals surface area contributed by atoms with E-state index >= 15 is 0 Å². The van der Waals surface area contributed by atoms with E-state index in [1.54, 1.807) is 0 Å². The highest BCUT2D eigenvalue weighted by atomic mass is 16.5. The number of carbonyl (C=O) groups excluding carboxylic acids is 2. The molecule has 0 aromatic rings. The standard InChI is InChI=1S/C49H93NO5/c1-4-7-10-13-16-19-21-23-25-26-29-31-34-37-40-45(55-49(54)42-39-36-33-30-27-24-22-20-17-14-11-8-5-2)43-48(53)50-46(44-51)47(52)41-38-35-32-28-18-15-12-9-6-3/h24,27,33,36,45-47,51-52H,4-23,25-26,28-32,34-35,37-44H2,1-3H3,(H,50,53)/b27-24-,36-33+. The third-order valence-electron chi connectivity index (χ3n) is 11.0. The molecule has 3 unspecified atom stereocenters. The molecule has 0 radical (unpaired) electrons. The molecule has 0 aliphatic rings. The summed E-state index contributed by atoms with van der Waals surface area (Å²) in [7, 11) is 0. The van der Waals surface area contributed by atoms with Gasteiger partial charge in [0.1, 0.15) is 6.10 Å². The summed E-state index contributed by atoms with van der Waals surface area (Å²) in [6, 6.07) is -0.705. The Morgan fingerprint density at radius 3 is 1.38 bits per heavy atom. The molecule has 0 heterocycles. The summed E-state index contributed by atoms with van der Waals surface area (Å²) in [6.07, 6.45) is 48.2. The van der Waals surface area contributed by atoms with E-state index in [0.717, 1.165) is 44.9 Å². The second-order valence-electron chi connectivity index (χ2n) is 16.5. The molecule has 0 aliphatic heterocycles. The molecule has 3 N–H and O–H groups in total. The Labute approximate surface area is 341 Å². The lowest BCUT2D eigenvalue weighted by Crippen LogP contribution is -2.46. The van der Waals surface area contributed by atoms with Crippen LogP contribution in [0.25, 0.3) is 0 Å². The Hall–Kier alpha value is -1.66. The van der Waals surface area contributed by atoms with Crippen LogP contribution in [-0.2, 0) is 14.3 Å². The second-order valence-corrected chi connectivity index (χ2v) is 16.5. The molecule has 0 aromatic carbocycles. The van der Waals surface area contributed by atoms with E-state index in [9.17, 15) is 19.8 Å². The number of aliphatic hydroxyl groups excluding tert-OH is 2. The molecule has 0 saturated heterocycles. The van der Waals surface area contributed by atoms with E-state index in [-0.39, 0.29) is 24.9 Å². The van der Waals surface area contributed by atoms with Gasteiger partial charge in [-0.15, -0.1) is 0 Å². The summed E-state index contributed by atoms with van der Waals surface area (Å²) >= 11 is 0. The first-order valence-corrected chi connectivity index (χ1v) is 24.1. The first kappa shape index (κ1) is 53.3. The lowest BCUT2D eigenvalue weighted by molar-refractivity contribution is -0.150. The second kappa shape index (κ2) is 43.5. The monoisotopic (exact) mass is 776 g/mol. The molecule has 0 fully saturated rings. The van der Waals surface area contributed by atoms with E-state index in [4.69, 9.17) is 4.74 Å². The topological polar surface area (TPSA) is 95.9 Å². The predicted octanol–water partition coefficient (Wildman–Crippen LogP) is 14.0. The number of unbranched alkanes of at least 4 members (excludes halogenated alkanes) is 27. The van der Waals surface area contributed by atoms with Gasteiger partial charge in [-0.2, -0.15) is 0 Å². The third kappa shape index (κ3) is 39.0. The molecule has 6 nitrogen and oxygen atoms in total. The Morgan fingerprint density at radius 1 is 0.527 bits per heavy atom. The summed E-state index contributed by atoms with van der Waals surface area (Å²) in [4.78, 5) is 26.0. The maximum absolute atomic E-state index is 13.1. The molecule has 0 aromatic heterocycles. The van der Waals surface area contributed by atoms with Gasteiger partial charge in [0, 0.05) is 6.42 Å². The number of carbonyl (C=O) groups is 2. The van der Waals surface area contributed by atoms with Crippen molar-refractivity contribution < 1.29 is 24.5 Å². The minimum atomic E-state index is -0.789. The van der Waals surface area contributed by atoms with Crippen LogP contribution in [0.3, 0.4) is 0 Å². The van der Waals surface area contributed by atoms with E-state index in [1.807, 2.05) is 6.08 Å².